The maximum absolute atomic E-state index is 11.0. The average molecular weight is 348 g/mol. The molecule has 0 bridgehead atoms. The Hall–Kier alpha value is -2.08. The van der Waals surface area contributed by atoms with E-state index in [-0.39, 0.29) is 11.7 Å². The summed E-state index contributed by atoms with van der Waals surface area (Å²) < 4.78 is 5.79. The second-order valence-electron chi connectivity index (χ2n) is 5.88. The molecular formula is C18H18ClNO4. The lowest BCUT2D eigenvalue weighted by atomic mass is 10.2. The first kappa shape index (κ1) is 16.8. The van der Waals surface area contributed by atoms with E-state index in [1.54, 1.807) is 12.1 Å². The SMILES string of the molecule is O=C(O)c1cccc(O[C@@H]2CN(Cc3ccc(Cl)cc3)C[C@H]2O)c1. The van der Waals surface area contributed by atoms with E-state index in [4.69, 9.17) is 21.4 Å². The molecule has 2 N–H and O–H groups in total. The van der Waals surface area contributed by atoms with Crippen LogP contribution < -0.4 is 4.74 Å². The molecule has 24 heavy (non-hydrogen) atoms. The fourth-order valence-electron chi connectivity index (χ4n) is 2.80. The first-order valence-electron chi connectivity index (χ1n) is 7.66. The minimum atomic E-state index is -1.00. The van der Waals surface area contributed by atoms with Gasteiger partial charge in [0.15, 0.2) is 0 Å². The van der Waals surface area contributed by atoms with Crippen molar-refractivity contribution in [2.45, 2.75) is 18.8 Å². The number of ether oxygens (including phenoxy) is 1. The van der Waals surface area contributed by atoms with Gasteiger partial charge in [0.1, 0.15) is 18.0 Å². The third-order valence-electron chi connectivity index (χ3n) is 4.00. The average Bonchev–Trinajstić information content (AvgIpc) is 2.89. The molecule has 2 aromatic carbocycles. The number of β-amino-alcohol motifs (C(OH)–C–C–N with tert-alkyl or cyclic N) is 1. The number of hydrogen-bond donors (Lipinski definition) is 2. The lowest BCUT2D eigenvalue weighted by Crippen LogP contribution is -2.30. The standard InChI is InChI=1S/C18H18ClNO4/c19-14-6-4-12(5-7-14)9-20-10-16(21)17(11-20)24-15-3-1-2-13(8-15)18(22)23/h1-8,16-17,21H,9-11H2,(H,22,23)/t16-,17-/m1/s1. The molecule has 0 aliphatic carbocycles. The normalized spacial score (nSPS) is 20.9. The maximum atomic E-state index is 11.0. The van der Waals surface area contributed by atoms with E-state index in [2.05, 4.69) is 4.90 Å². The molecule has 0 saturated carbocycles. The van der Waals surface area contributed by atoms with Crippen LogP contribution >= 0.6 is 11.6 Å². The van der Waals surface area contributed by atoms with Crippen molar-refractivity contribution in [3.8, 4) is 5.75 Å². The van der Waals surface area contributed by atoms with Gasteiger partial charge in [-0.3, -0.25) is 4.90 Å². The topological polar surface area (TPSA) is 70.0 Å². The number of aromatic carboxylic acids is 1. The fourth-order valence-corrected chi connectivity index (χ4v) is 2.93. The molecule has 1 heterocycles. The highest BCUT2D eigenvalue weighted by atomic mass is 35.5. The molecule has 5 nitrogen and oxygen atoms in total. The Morgan fingerprint density at radius 2 is 1.96 bits per heavy atom. The van der Waals surface area contributed by atoms with E-state index in [0.717, 1.165) is 5.56 Å². The van der Waals surface area contributed by atoms with Gasteiger partial charge in [0, 0.05) is 24.7 Å². The third kappa shape index (κ3) is 4.06. The van der Waals surface area contributed by atoms with Crippen LogP contribution in [0.1, 0.15) is 15.9 Å². The van der Waals surface area contributed by atoms with E-state index >= 15 is 0 Å². The summed E-state index contributed by atoms with van der Waals surface area (Å²) in [5.74, 6) is -0.552. The molecular weight excluding hydrogens is 330 g/mol. The quantitative estimate of drug-likeness (QED) is 0.870. The van der Waals surface area contributed by atoms with Crippen molar-refractivity contribution in [2.75, 3.05) is 13.1 Å². The molecule has 0 aromatic heterocycles. The highest BCUT2D eigenvalue weighted by molar-refractivity contribution is 6.30. The van der Waals surface area contributed by atoms with Gasteiger partial charge in [-0.1, -0.05) is 29.8 Å². The number of carboxylic acid groups (broad SMARTS) is 1. The molecule has 6 heteroatoms. The number of carbonyl (C=O) groups is 1. The number of likely N-dealkylation sites (tertiary alicyclic amines) is 1. The van der Waals surface area contributed by atoms with E-state index in [1.165, 1.54) is 12.1 Å². The Balaban J connectivity index is 1.62. The summed E-state index contributed by atoms with van der Waals surface area (Å²) in [5, 5.41) is 19.9. The molecule has 1 fully saturated rings. The van der Waals surface area contributed by atoms with Gasteiger partial charge in [-0.2, -0.15) is 0 Å². The van der Waals surface area contributed by atoms with Gasteiger partial charge < -0.3 is 14.9 Å². The first-order chi connectivity index (χ1) is 11.5. The van der Waals surface area contributed by atoms with Gasteiger partial charge in [-0.25, -0.2) is 4.79 Å². The number of aliphatic hydroxyl groups is 1. The van der Waals surface area contributed by atoms with E-state index < -0.39 is 12.1 Å². The predicted molar refractivity (Wildman–Crippen MR) is 90.6 cm³/mol. The number of carboxylic acids is 1. The lowest BCUT2D eigenvalue weighted by Gasteiger charge is -2.17. The van der Waals surface area contributed by atoms with Crippen LogP contribution in [0, 0.1) is 0 Å². The van der Waals surface area contributed by atoms with Gasteiger partial charge in [0.2, 0.25) is 0 Å². The van der Waals surface area contributed by atoms with Crippen LogP contribution in [-0.2, 0) is 6.54 Å². The van der Waals surface area contributed by atoms with Crippen LogP contribution in [-0.4, -0.2) is 46.4 Å². The fraction of sp³-hybridized carbons (Fsp3) is 0.278. The molecule has 0 unspecified atom stereocenters. The molecule has 1 aliphatic heterocycles. The molecule has 2 atom stereocenters. The number of nitrogens with zero attached hydrogens (tertiary/aromatic N) is 1. The Morgan fingerprint density at radius 1 is 1.21 bits per heavy atom. The highest BCUT2D eigenvalue weighted by Gasteiger charge is 2.33. The van der Waals surface area contributed by atoms with Crippen LogP contribution in [0.15, 0.2) is 48.5 Å². The van der Waals surface area contributed by atoms with Crippen molar-refractivity contribution >= 4 is 17.6 Å². The molecule has 1 aliphatic rings. The Labute approximate surface area is 145 Å². The second-order valence-corrected chi connectivity index (χ2v) is 6.31. The third-order valence-corrected chi connectivity index (χ3v) is 4.25. The monoisotopic (exact) mass is 347 g/mol. The highest BCUT2D eigenvalue weighted by Crippen LogP contribution is 2.22. The Morgan fingerprint density at radius 3 is 2.67 bits per heavy atom. The van der Waals surface area contributed by atoms with Crippen molar-refractivity contribution in [3.63, 3.8) is 0 Å². The van der Waals surface area contributed by atoms with Gasteiger partial charge >= 0.3 is 5.97 Å². The van der Waals surface area contributed by atoms with Crippen LogP contribution in [0.4, 0.5) is 0 Å². The summed E-state index contributed by atoms with van der Waals surface area (Å²) in [4.78, 5) is 13.1. The first-order valence-corrected chi connectivity index (χ1v) is 8.04. The van der Waals surface area contributed by atoms with Crippen molar-refractivity contribution < 1.29 is 19.7 Å². The van der Waals surface area contributed by atoms with Crippen LogP contribution in [0.2, 0.25) is 5.02 Å². The summed E-state index contributed by atoms with van der Waals surface area (Å²) in [5.41, 5.74) is 1.28. The minimum absolute atomic E-state index is 0.165. The summed E-state index contributed by atoms with van der Waals surface area (Å²) in [7, 11) is 0. The number of rotatable bonds is 5. The smallest absolute Gasteiger partial charge is 0.335 e. The summed E-state index contributed by atoms with van der Waals surface area (Å²) in [6.07, 6.45) is -1.01. The number of halogens is 1. The van der Waals surface area contributed by atoms with Crippen molar-refractivity contribution in [1.29, 1.82) is 0 Å². The van der Waals surface area contributed by atoms with Crippen LogP contribution in [0.5, 0.6) is 5.75 Å². The van der Waals surface area contributed by atoms with Gasteiger partial charge in [-0.05, 0) is 35.9 Å². The van der Waals surface area contributed by atoms with Crippen molar-refractivity contribution in [2.24, 2.45) is 0 Å². The second kappa shape index (κ2) is 7.21. The Bertz CT molecular complexity index is 719. The zero-order valence-corrected chi connectivity index (χ0v) is 13.7. The van der Waals surface area contributed by atoms with Crippen molar-refractivity contribution in [3.05, 3.63) is 64.7 Å². The van der Waals surface area contributed by atoms with Crippen LogP contribution in [0.25, 0.3) is 0 Å². The zero-order chi connectivity index (χ0) is 17.1. The molecule has 2 aromatic rings. The van der Waals surface area contributed by atoms with Crippen molar-refractivity contribution in [1.82, 2.24) is 4.90 Å². The molecule has 3 rings (SSSR count). The van der Waals surface area contributed by atoms with E-state index in [1.807, 2.05) is 24.3 Å². The van der Waals surface area contributed by atoms with E-state index in [0.29, 0.717) is 30.4 Å². The number of benzene rings is 2. The molecule has 1 saturated heterocycles. The largest absolute Gasteiger partial charge is 0.486 e. The number of aliphatic hydroxyl groups excluding tert-OH is 1. The lowest BCUT2D eigenvalue weighted by molar-refractivity contribution is 0.0688. The number of hydrogen-bond acceptors (Lipinski definition) is 4. The van der Waals surface area contributed by atoms with Gasteiger partial charge in [0.05, 0.1) is 5.56 Å². The summed E-state index contributed by atoms with van der Waals surface area (Å²) >= 11 is 5.88. The van der Waals surface area contributed by atoms with Gasteiger partial charge in [0.25, 0.3) is 0 Å². The molecule has 0 amide bonds. The summed E-state index contributed by atoms with van der Waals surface area (Å²) in [6.45, 7) is 1.77. The predicted octanol–water partition coefficient (Wildman–Crippen LogP) is 2.66. The maximum Gasteiger partial charge on any atom is 0.335 e. The zero-order valence-electron chi connectivity index (χ0n) is 12.9. The molecule has 0 radical (unpaired) electrons. The molecule has 126 valence electrons. The van der Waals surface area contributed by atoms with E-state index in [9.17, 15) is 9.90 Å². The Kier molecular flexibility index (Phi) is 5.04. The summed E-state index contributed by atoms with van der Waals surface area (Å²) in [6, 6.07) is 13.9. The molecule has 0 spiro atoms. The van der Waals surface area contributed by atoms with Gasteiger partial charge in [-0.15, -0.1) is 0 Å². The van der Waals surface area contributed by atoms with Crippen LogP contribution in [0.3, 0.4) is 0 Å². The minimum Gasteiger partial charge on any atom is -0.486 e.